The van der Waals surface area contributed by atoms with Crippen molar-refractivity contribution < 1.29 is 80.2 Å². The highest BCUT2D eigenvalue weighted by Crippen LogP contribution is 2.45. The minimum absolute atomic E-state index is 0.106. The second-order valence-corrected chi connectivity index (χ2v) is 31.6. The summed E-state index contributed by atoms with van der Waals surface area (Å²) >= 11 is 0. The smallest absolute Gasteiger partial charge is 0.462 e. The molecule has 0 aromatic carbocycles. The number of ether oxygens (including phenoxy) is 4. The highest BCUT2D eigenvalue weighted by Gasteiger charge is 2.30. The molecule has 0 aliphatic rings. The van der Waals surface area contributed by atoms with E-state index in [1.807, 2.05) is 0 Å². The zero-order chi connectivity index (χ0) is 71.9. The molecule has 0 heterocycles. The highest BCUT2D eigenvalue weighted by atomic mass is 31.2. The van der Waals surface area contributed by atoms with E-state index in [1.54, 1.807) is 0 Å². The third-order valence-corrected chi connectivity index (χ3v) is 20.8. The van der Waals surface area contributed by atoms with Crippen LogP contribution >= 0.6 is 15.6 Å². The van der Waals surface area contributed by atoms with Gasteiger partial charge in [-0.1, -0.05) is 369 Å². The van der Waals surface area contributed by atoms with Gasteiger partial charge in [0, 0.05) is 25.7 Å². The summed E-state index contributed by atoms with van der Waals surface area (Å²) in [6.07, 6.45) is 62.4. The number of phosphoric ester groups is 2. The zero-order valence-corrected chi connectivity index (χ0v) is 65.7. The number of rotatable bonds is 79. The first kappa shape index (κ1) is 96.1. The summed E-state index contributed by atoms with van der Waals surface area (Å²) in [4.78, 5) is 72.9. The Bertz CT molecular complexity index is 1880. The number of carbonyl (C=O) groups is 4. The van der Waals surface area contributed by atoms with E-state index in [9.17, 15) is 43.2 Å². The van der Waals surface area contributed by atoms with E-state index in [2.05, 4.69) is 34.6 Å². The van der Waals surface area contributed by atoms with Crippen LogP contribution in [0.15, 0.2) is 0 Å². The monoisotopic (exact) mass is 1440 g/mol. The lowest BCUT2D eigenvalue weighted by Gasteiger charge is -2.21. The third kappa shape index (κ3) is 71.1. The van der Waals surface area contributed by atoms with Crippen molar-refractivity contribution in [2.75, 3.05) is 39.6 Å². The van der Waals surface area contributed by atoms with Gasteiger partial charge in [0.05, 0.1) is 26.4 Å². The van der Waals surface area contributed by atoms with Crippen LogP contribution in [0.4, 0.5) is 0 Å². The van der Waals surface area contributed by atoms with Crippen LogP contribution in [0.25, 0.3) is 0 Å². The van der Waals surface area contributed by atoms with Crippen LogP contribution in [0.1, 0.15) is 420 Å². The van der Waals surface area contributed by atoms with E-state index in [0.29, 0.717) is 25.7 Å². The lowest BCUT2D eigenvalue weighted by atomic mass is 9.99. The molecule has 582 valence electrons. The Hall–Kier alpha value is -1.94. The minimum Gasteiger partial charge on any atom is -0.462 e. The van der Waals surface area contributed by atoms with E-state index in [1.165, 1.54) is 244 Å². The topological polar surface area (TPSA) is 237 Å². The van der Waals surface area contributed by atoms with Gasteiger partial charge < -0.3 is 33.8 Å². The van der Waals surface area contributed by atoms with E-state index in [-0.39, 0.29) is 25.7 Å². The summed E-state index contributed by atoms with van der Waals surface area (Å²) in [5, 5.41) is 10.6. The predicted octanol–water partition coefficient (Wildman–Crippen LogP) is 23.6. The normalized spacial score (nSPS) is 14.2. The van der Waals surface area contributed by atoms with Crippen molar-refractivity contribution in [2.45, 2.75) is 438 Å². The van der Waals surface area contributed by atoms with Gasteiger partial charge in [0.1, 0.15) is 19.3 Å². The number of unbranched alkanes of at least 4 members (excludes halogenated alkanes) is 50. The molecular weight excluding hydrogens is 1280 g/mol. The first-order chi connectivity index (χ1) is 47.6. The molecule has 0 saturated carbocycles. The average molecular weight is 1440 g/mol. The van der Waals surface area contributed by atoms with Crippen LogP contribution in [-0.4, -0.2) is 96.7 Å². The van der Waals surface area contributed by atoms with Crippen LogP contribution in [-0.2, 0) is 65.4 Å². The molecule has 0 bridgehead atoms. The first-order valence-electron chi connectivity index (χ1n) is 41.2. The molecule has 0 saturated heterocycles. The van der Waals surface area contributed by atoms with Gasteiger partial charge in [0.25, 0.3) is 0 Å². The summed E-state index contributed by atoms with van der Waals surface area (Å²) in [6, 6.07) is 0. The van der Waals surface area contributed by atoms with Gasteiger partial charge in [-0.05, 0) is 31.6 Å². The van der Waals surface area contributed by atoms with Gasteiger partial charge in [-0.15, -0.1) is 0 Å². The van der Waals surface area contributed by atoms with Crippen LogP contribution in [0.5, 0.6) is 0 Å². The van der Waals surface area contributed by atoms with E-state index >= 15 is 0 Å². The molecule has 0 aliphatic carbocycles. The van der Waals surface area contributed by atoms with Gasteiger partial charge in [-0.25, -0.2) is 9.13 Å². The van der Waals surface area contributed by atoms with Crippen molar-refractivity contribution in [3.8, 4) is 0 Å². The quantitative estimate of drug-likeness (QED) is 0.0222. The number of carbonyl (C=O) groups excluding carboxylic acids is 4. The fourth-order valence-electron chi connectivity index (χ4n) is 12.2. The van der Waals surface area contributed by atoms with Gasteiger partial charge in [-0.3, -0.25) is 37.3 Å². The number of esters is 4. The Labute approximate surface area is 600 Å². The number of hydrogen-bond donors (Lipinski definition) is 3. The van der Waals surface area contributed by atoms with Gasteiger partial charge in [0.2, 0.25) is 0 Å². The molecule has 0 aliphatic heterocycles. The molecule has 3 N–H and O–H groups in total. The van der Waals surface area contributed by atoms with Crippen LogP contribution < -0.4 is 0 Å². The Balaban J connectivity index is 5.21. The summed E-state index contributed by atoms with van der Waals surface area (Å²) in [5.41, 5.74) is 0. The molecule has 0 rings (SSSR count). The molecule has 0 radical (unpaired) electrons. The standard InChI is InChI=1S/C79H154O17P2/c1-6-10-13-16-19-22-25-28-29-30-31-32-33-34-35-37-40-43-49-54-59-64-78(83)95-74(68-89-77(82)63-58-53-48-42-39-36-26-23-20-17-14-11-7-2)70-93-97(85,86)91-66-73(80)67-92-98(87,88)94-71-75(96-79(84)65-60-55-50-45-44-46-51-56-61-72(5)9-4)69-90-76(81)62-57-52-47-41-38-27-24-21-18-15-12-8-3/h72-75,80H,6-71H2,1-5H3,(H,85,86)(H,87,88)/t72?,73-,74-,75-/m1/s1. The number of aliphatic hydroxyl groups is 1. The van der Waals surface area contributed by atoms with E-state index < -0.39 is 97.5 Å². The molecule has 0 amide bonds. The van der Waals surface area contributed by atoms with E-state index in [4.69, 9.17) is 37.0 Å². The van der Waals surface area contributed by atoms with Gasteiger partial charge >= 0.3 is 39.5 Å². The molecular formula is C79H154O17P2. The average Bonchev–Trinajstić information content (AvgIpc) is 1.11. The Morgan fingerprint density at radius 2 is 0.490 bits per heavy atom. The van der Waals surface area contributed by atoms with Crippen LogP contribution in [0.2, 0.25) is 0 Å². The van der Waals surface area contributed by atoms with Crippen molar-refractivity contribution in [3.63, 3.8) is 0 Å². The second kappa shape index (κ2) is 72.0. The maximum atomic E-state index is 13.1. The fraction of sp³-hybridized carbons (Fsp3) is 0.949. The molecule has 19 heteroatoms. The summed E-state index contributed by atoms with van der Waals surface area (Å²) in [7, 11) is -9.91. The lowest BCUT2D eigenvalue weighted by molar-refractivity contribution is -0.161. The second-order valence-electron chi connectivity index (χ2n) is 28.7. The van der Waals surface area contributed by atoms with Gasteiger partial charge in [0.15, 0.2) is 12.2 Å². The SMILES string of the molecule is CCCCCCCCCCCCCCCCCCCCCCCC(=O)O[C@H](COC(=O)CCCCCCCCCCCCCCC)COP(=O)(O)OC[C@@H](O)COP(=O)(O)OC[C@@H](COC(=O)CCCCCCCCCCCCCC)OC(=O)CCCCCCCCCCC(C)CC. The van der Waals surface area contributed by atoms with Crippen LogP contribution in [0, 0.1) is 5.92 Å². The number of phosphoric acid groups is 2. The van der Waals surface area contributed by atoms with E-state index in [0.717, 1.165) is 95.8 Å². The largest absolute Gasteiger partial charge is 0.472 e. The highest BCUT2D eigenvalue weighted by molar-refractivity contribution is 7.47. The maximum absolute atomic E-state index is 13.1. The third-order valence-electron chi connectivity index (χ3n) is 18.9. The predicted molar refractivity (Wildman–Crippen MR) is 400 cm³/mol. The molecule has 6 atom stereocenters. The maximum Gasteiger partial charge on any atom is 0.472 e. The molecule has 0 spiro atoms. The summed E-state index contributed by atoms with van der Waals surface area (Å²) in [5.74, 6) is -1.34. The van der Waals surface area contributed by atoms with Gasteiger partial charge in [-0.2, -0.15) is 0 Å². The Morgan fingerprint density at radius 3 is 0.724 bits per heavy atom. The molecule has 3 unspecified atom stereocenters. The fourth-order valence-corrected chi connectivity index (χ4v) is 13.8. The Morgan fingerprint density at radius 1 is 0.286 bits per heavy atom. The molecule has 0 aromatic heterocycles. The van der Waals surface area contributed by atoms with Crippen molar-refractivity contribution in [3.05, 3.63) is 0 Å². The minimum atomic E-state index is -4.96. The van der Waals surface area contributed by atoms with Crippen LogP contribution in [0.3, 0.4) is 0 Å². The summed E-state index contributed by atoms with van der Waals surface area (Å²) < 4.78 is 68.6. The molecule has 0 aromatic rings. The molecule has 0 fully saturated rings. The molecule has 17 nitrogen and oxygen atoms in total. The lowest BCUT2D eigenvalue weighted by Crippen LogP contribution is -2.30. The summed E-state index contributed by atoms with van der Waals surface area (Å²) in [6.45, 7) is 7.31. The number of hydrogen-bond acceptors (Lipinski definition) is 15. The Kier molecular flexibility index (Phi) is 70.6. The van der Waals surface area contributed by atoms with Crippen molar-refractivity contribution in [1.29, 1.82) is 0 Å². The number of aliphatic hydroxyl groups excluding tert-OH is 1. The van der Waals surface area contributed by atoms with Crippen molar-refractivity contribution in [2.24, 2.45) is 5.92 Å². The zero-order valence-electron chi connectivity index (χ0n) is 63.9. The van der Waals surface area contributed by atoms with Crippen molar-refractivity contribution in [1.82, 2.24) is 0 Å². The first-order valence-corrected chi connectivity index (χ1v) is 44.2. The molecule has 98 heavy (non-hydrogen) atoms. The van der Waals surface area contributed by atoms with Crippen molar-refractivity contribution >= 4 is 39.5 Å².